The minimum Gasteiger partial charge on any atom is -0.296 e. The van der Waals surface area contributed by atoms with Gasteiger partial charge in [0.2, 0.25) is 0 Å². The van der Waals surface area contributed by atoms with Gasteiger partial charge in [0.25, 0.3) is 0 Å². The van der Waals surface area contributed by atoms with Crippen LogP contribution in [-0.2, 0) is 6.54 Å². The number of nitrogens with one attached hydrogen (secondary N) is 1. The highest BCUT2D eigenvalue weighted by Crippen LogP contribution is 2.23. The summed E-state index contributed by atoms with van der Waals surface area (Å²) in [5, 5.41) is 4.43. The number of benzene rings is 2. The molecule has 3 heteroatoms. The van der Waals surface area contributed by atoms with Gasteiger partial charge in [-0.15, -0.1) is 0 Å². The topological polar surface area (TPSA) is 27.6 Å². The van der Waals surface area contributed by atoms with Gasteiger partial charge < -0.3 is 0 Å². The van der Waals surface area contributed by atoms with Crippen LogP contribution in [0.25, 0.3) is 0 Å². The van der Waals surface area contributed by atoms with Crippen LogP contribution in [0.5, 0.6) is 0 Å². The number of nitrogens with zero attached hydrogens (tertiary/aromatic N) is 2. The summed E-state index contributed by atoms with van der Waals surface area (Å²) >= 11 is 0. The predicted molar refractivity (Wildman–Crippen MR) is 107 cm³/mol. The Morgan fingerprint density at radius 2 is 1.96 bits per heavy atom. The van der Waals surface area contributed by atoms with Crippen molar-refractivity contribution in [3.05, 3.63) is 64.7 Å². The van der Waals surface area contributed by atoms with E-state index in [0.29, 0.717) is 6.04 Å². The predicted octanol–water partition coefficient (Wildman–Crippen LogP) is 5.12. The molecule has 1 atom stereocenters. The van der Waals surface area contributed by atoms with Gasteiger partial charge >= 0.3 is 0 Å². The van der Waals surface area contributed by atoms with Gasteiger partial charge in [-0.05, 0) is 69.0 Å². The number of hydrogen-bond donors (Lipinski definition) is 1. The third kappa shape index (κ3) is 4.70. The van der Waals surface area contributed by atoms with Gasteiger partial charge in [-0.1, -0.05) is 42.3 Å². The normalized spacial score (nSPS) is 18.6. The van der Waals surface area contributed by atoms with Crippen molar-refractivity contribution in [1.29, 1.82) is 0 Å². The molecule has 0 spiro atoms. The van der Waals surface area contributed by atoms with Gasteiger partial charge in [-0.25, -0.2) is 0 Å². The highest BCUT2D eigenvalue weighted by molar-refractivity contribution is 5.83. The van der Waals surface area contributed by atoms with Crippen molar-refractivity contribution in [3.8, 4) is 0 Å². The smallest absolute Gasteiger partial charge is 0.0561 e. The molecule has 1 unspecified atom stereocenters. The molecule has 1 aliphatic rings. The van der Waals surface area contributed by atoms with Crippen LogP contribution in [-0.4, -0.2) is 23.7 Å². The molecule has 0 amide bonds. The number of para-hydroxylation sites is 1. The number of rotatable bonds is 5. The molecule has 1 aliphatic heterocycles. The molecule has 0 aromatic heterocycles. The molecule has 2 aromatic rings. The summed E-state index contributed by atoms with van der Waals surface area (Å²) in [5.74, 6) is 0. The summed E-state index contributed by atoms with van der Waals surface area (Å²) in [6, 6.07) is 15.3. The molecule has 1 heterocycles. The zero-order valence-electron chi connectivity index (χ0n) is 15.6. The van der Waals surface area contributed by atoms with Crippen molar-refractivity contribution in [2.75, 3.05) is 12.0 Å². The van der Waals surface area contributed by atoms with Crippen LogP contribution in [0.15, 0.2) is 47.6 Å². The molecular weight excluding hydrogens is 306 g/mol. The average Bonchev–Trinajstić information content (AvgIpc) is 2.61. The minimum atomic E-state index is 0.686. The first-order valence-corrected chi connectivity index (χ1v) is 9.32. The molecular formula is C22H29N3. The van der Waals surface area contributed by atoms with E-state index in [1.54, 1.807) is 0 Å². The Hall–Kier alpha value is -2.13. The van der Waals surface area contributed by atoms with E-state index in [1.165, 1.54) is 48.1 Å². The van der Waals surface area contributed by atoms with Gasteiger partial charge in [0.15, 0.2) is 0 Å². The molecule has 3 rings (SSSR count). The van der Waals surface area contributed by atoms with E-state index in [9.17, 15) is 0 Å². The lowest BCUT2D eigenvalue weighted by molar-refractivity contribution is 0.152. The summed E-state index contributed by atoms with van der Waals surface area (Å²) in [7, 11) is 0. The van der Waals surface area contributed by atoms with Crippen molar-refractivity contribution < 1.29 is 0 Å². The second-order valence-corrected chi connectivity index (χ2v) is 7.19. The first-order chi connectivity index (χ1) is 12.1. The third-order valence-electron chi connectivity index (χ3n) is 5.18. The number of anilines is 1. The SMILES string of the molecule is Cc1cc(C=NNc2ccccc2)c(C)c(CN2CCCCC2C)c1. The lowest BCUT2D eigenvalue weighted by Gasteiger charge is -2.34. The van der Waals surface area contributed by atoms with E-state index in [1.807, 2.05) is 36.5 Å². The molecule has 0 bridgehead atoms. The Kier molecular flexibility index (Phi) is 5.87. The van der Waals surface area contributed by atoms with Crippen molar-refractivity contribution in [2.45, 2.75) is 52.6 Å². The molecule has 0 aliphatic carbocycles. The van der Waals surface area contributed by atoms with Gasteiger partial charge in [-0.3, -0.25) is 10.3 Å². The standard InChI is InChI=1S/C22H29N3/c1-17-13-20(15-23-24-22-10-5-4-6-11-22)19(3)21(14-17)16-25-12-8-7-9-18(25)2/h4-6,10-11,13-15,18,24H,7-9,12,16H2,1-3H3. The first-order valence-electron chi connectivity index (χ1n) is 9.32. The zero-order chi connectivity index (χ0) is 17.6. The summed E-state index contributed by atoms with van der Waals surface area (Å²) < 4.78 is 0. The second kappa shape index (κ2) is 8.30. The molecule has 1 saturated heterocycles. The summed E-state index contributed by atoms with van der Waals surface area (Å²) in [6.45, 7) is 9.00. The van der Waals surface area contributed by atoms with E-state index < -0.39 is 0 Å². The monoisotopic (exact) mass is 335 g/mol. The van der Waals surface area contributed by atoms with Crippen molar-refractivity contribution >= 4 is 11.9 Å². The van der Waals surface area contributed by atoms with Gasteiger partial charge in [0.1, 0.15) is 0 Å². The Morgan fingerprint density at radius 1 is 1.16 bits per heavy atom. The lowest BCUT2D eigenvalue weighted by Crippen LogP contribution is -2.37. The molecule has 1 fully saturated rings. The van der Waals surface area contributed by atoms with Crippen LogP contribution in [0.2, 0.25) is 0 Å². The second-order valence-electron chi connectivity index (χ2n) is 7.19. The summed E-state index contributed by atoms with van der Waals surface area (Å²) in [6.07, 6.45) is 5.96. The number of aryl methyl sites for hydroxylation is 1. The molecule has 0 radical (unpaired) electrons. The quantitative estimate of drug-likeness (QED) is 0.606. The highest BCUT2D eigenvalue weighted by atomic mass is 15.3. The van der Waals surface area contributed by atoms with Crippen LogP contribution >= 0.6 is 0 Å². The maximum absolute atomic E-state index is 4.43. The fraction of sp³-hybridized carbons (Fsp3) is 0.409. The molecule has 1 N–H and O–H groups in total. The number of hydrazone groups is 1. The van der Waals surface area contributed by atoms with Crippen LogP contribution in [0.3, 0.4) is 0 Å². The Bertz CT molecular complexity index is 722. The Balaban J connectivity index is 1.75. The summed E-state index contributed by atoms with van der Waals surface area (Å²) in [4.78, 5) is 2.62. The van der Waals surface area contributed by atoms with Gasteiger partial charge in [-0.2, -0.15) is 5.10 Å². The highest BCUT2D eigenvalue weighted by Gasteiger charge is 2.19. The lowest BCUT2D eigenvalue weighted by atomic mass is 9.97. The van der Waals surface area contributed by atoms with Crippen LogP contribution < -0.4 is 5.43 Å². The van der Waals surface area contributed by atoms with Crippen molar-refractivity contribution in [3.63, 3.8) is 0 Å². The number of hydrogen-bond acceptors (Lipinski definition) is 3. The van der Waals surface area contributed by atoms with Crippen LogP contribution in [0.1, 0.15) is 48.4 Å². The van der Waals surface area contributed by atoms with Gasteiger partial charge in [0, 0.05) is 12.6 Å². The number of piperidine rings is 1. The van der Waals surface area contributed by atoms with E-state index >= 15 is 0 Å². The van der Waals surface area contributed by atoms with Crippen LogP contribution in [0.4, 0.5) is 5.69 Å². The molecule has 3 nitrogen and oxygen atoms in total. The van der Waals surface area contributed by atoms with Crippen LogP contribution in [0, 0.1) is 13.8 Å². The molecule has 25 heavy (non-hydrogen) atoms. The van der Waals surface area contributed by atoms with Crippen molar-refractivity contribution in [2.24, 2.45) is 5.10 Å². The summed E-state index contributed by atoms with van der Waals surface area (Å²) in [5.41, 5.74) is 9.37. The van der Waals surface area contributed by atoms with Crippen molar-refractivity contribution in [1.82, 2.24) is 4.90 Å². The minimum absolute atomic E-state index is 0.686. The number of likely N-dealkylation sites (tertiary alicyclic amines) is 1. The first kappa shape index (κ1) is 17.7. The van der Waals surface area contributed by atoms with E-state index in [4.69, 9.17) is 0 Å². The third-order valence-corrected chi connectivity index (χ3v) is 5.18. The Morgan fingerprint density at radius 3 is 2.72 bits per heavy atom. The molecule has 0 saturated carbocycles. The molecule has 132 valence electrons. The fourth-order valence-corrected chi connectivity index (χ4v) is 3.56. The fourth-order valence-electron chi connectivity index (χ4n) is 3.56. The van der Waals surface area contributed by atoms with E-state index in [2.05, 4.69) is 48.3 Å². The largest absolute Gasteiger partial charge is 0.296 e. The van der Waals surface area contributed by atoms with E-state index in [0.717, 1.165) is 12.2 Å². The average molecular weight is 335 g/mol. The zero-order valence-corrected chi connectivity index (χ0v) is 15.6. The maximum Gasteiger partial charge on any atom is 0.0561 e. The Labute approximate surface area is 151 Å². The maximum atomic E-state index is 4.43. The van der Waals surface area contributed by atoms with E-state index in [-0.39, 0.29) is 0 Å². The van der Waals surface area contributed by atoms with Gasteiger partial charge in [0.05, 0.1) is 11.9 Å². The molecule has 2 aromatic carbocycles.